The molecule has 0 saturated heterocycles. The van der Waals surface area contributed by atoms with Crippen LogP contribution in [-0.2, 0) is 16.1 Å². The molecule has 21 heavy (non-hydrogen) atoms. The first kappa shape index (κ1) is 17.7. The lowest BCUT2D eigenvalue weighted by Crippen LogP contribution is -2.38. The normalized spacial score (nSPS) is 10.6. The fourth-order valence-corrected chi connectivity index (χ4v) is 2.37. The van der Waals surface area contributed by atoms with Gasteiger partial charge in [-0.15, -0.1) is 0 Å². The zero-order chi connectivity index (χ0) is 15.3. The minimum Gasteiger partial charge on any atom is -0.461 e. The third kappa shape index (κ3) is 9.22. The summed E-state index contributed by atoms with van der Waals surface area (Å²) in [5.74, 6) is -0.145. The molecule has 0 radical (unpaired) electrons. The maximum absolute atomic E-state index is 11.7. The van der Waals surface area contributed by atoms with Crippen LogP contribution in [0.4, 0.5) is 0 Å². The van der Waals surface area contributed by atoms with Gasteiger partial charge in [-0.05, 0) is 19.4 Å². The van der Waals surface area contributed by atoms with Crippen molar-refractivity contribution in [1.29, 1.82) is 0 Å². The summed E-state index contributed by atoms with van der Waals surface area (Å²) >= 11 is 0. The van der Waals surface area contributed by atoms with E-state index in [2.05, 4.69) is 6.92 Å². The van der Waals surface area contributed by atoms with Gasteiger partial charge in [-0.1, -0.05) is 51.9 Å². The molecule has 0 spiro atoms. The van der Waals surface area contributed by atoms with Gasteiger partial charge in [0.15, 0.2) is 12.4 Å². The van der Waals surface area contributed by atoms with Crippen LogP contribution in [-0.4, -0.2) is 12.6 Å². The number of rotatable bonds is 11. The van der Waals surface area contributed by atoms with Crippen LogP contribution in [0, 0.1) is 6.92 Å². The minimum atomic E-state index is -0.145. The molecule has 1 rings (SSSR count). The minimum absolute atomic E-state index is 0.145. The lowest BCUT2D eigenvalue weighted by atomic mass is 10.1. The molecule has 0 fully saturated rings. The van der Waals surface area contributed by atoms with Crippen molar-refractivity contribution >= 4 is 5.97 Å². The monoisotopic (exact) mass is 292 g/mol. The van der Waals surface area contributed by atoms with Gasteiger partial charge in [0.25, 0.3) is 0 Å². The molecular formula is C18H30NO2+. The second-order valence-corrected chi connectivity index (χ2v) is 5.75. The zero-order valence-electron chi connectivity index (χ0n) is 13.6. The number of esters is 1. The van der Waals surface area contributed by atoms with Crippen LogP contribution in [0.1, 0.15) is 63.9 Å². The van der Waals surface area contributed by atoms with Gasteiger partial charge in [-0.3, -0.25) is 0 Å². The van der Waals surface area contributed by atoms with Crippen LogP contribution < -0.4 is 4.57 Å². The van der Waals surface area contributed by atoms with Crippen LogP contribution in [0.5, 0.6) is 0 Å². The Bertz CT molecular complexity index is 404. The molecule has 0 aliphatic rings. The maximum atomic E-state index is 11.7. The average Bonchev–Trinajstić information content (AvgIpc) is 2.45. The molecule has 1 aromatic rings. The topological polar surface area (TPSA) is 30.2 Å². The summed E-state index contributed by atoms with van der Waals surface area (Å²) in [6, 6.07) is 3.96. The highest BCUT2D eigenvalue weighted by molar-refractivity contribution is 5.67. The molecule has 0 atom stereocenters. The van der Waals surface area contributed by atoms with E-state index in [1.807, 2.05) is 36.0 Å². The van der Waals surface area contributed by atoms with E-state index in [1.165, 1.54) is 38.5 Å². The molecular weight excluding hydrogens is 262 g/mol. The predicted molar refractivity (Wildman–Crippen MR) is 84.9 cm³/mol. The molecule has 0 aliphatic heterocycles. The second-order valence-electron chi connectivity index (χ2n) is 5.75. The Morgan fingerprint density at radius 3 is 2.43 bits per heavy atom. The van der Waals surface area contributed by atoms with Gasteiger partial charge in [0.2, 0.25) is 6.54 Å². The van der Waals surface area contributed by atoms with Crippen LogP contribution in [0.3, 0.4) is 0 Å². The Morgan fingerprint density at radius 2 is 1.76 bits per heavy atom. The van der Waals surface area contributed by atoms with Crippen molar-refractivity contribution in [2.45, 2.75) is 71.8 Å². The number of pyridine rings is 1. The van der Waals surface area contributed by atoms with E-state index >= 15 is 0 Å². The Morgan fingerprint density at radius 1 is 1.10 bits per heavy atom. The fraction of sp³-hybridized carbons (Fsp3) is 0.667. The van der Waals surface area contributed by atoms with Gasteiger partial charge in [0, 0.05) is 11.6 Å². The van der Waals surface area contributed by atoms with Crippen molar-refractivity contribution < 1.29 is 14.1 Å². The van der Waals surface area contributed by atoms with E-state index in [-0.39, 0.29) is 5.97 Å². The number of carbonyl (C=O) groups is 1. The standard InChI is InChI=1S/C18H30NO2/c1-3-4-5-6-7-8-9-10-14-21-18(20)16-19-13-11-12-17(2)15-19/h11-13,15H,3-10,14,16H2,1-2H3/q+1. The summed E-state index contributed by atoms with van der Waals surface area (Å²) in [7, 11) is 0. The molecule has 0 saturated carbocycles. The van der Waals surface area contributed by atoms with Crippen LogP contribution in [0.15, 0.2) is 24.5 Å². The lowest BCUT2D eigenvalue weighted by molar-refractivity contribution is -0.686. The quantitative estimate of drug-likeness (QED) is 0.351. The Kier molecular flexibility index (Phi) is 9.51. The smallest absolute Gasteiger partial charge is 0.372 e. The first-order valence-corrected chi connectivity index (χ1v) is 8.33. The summed E-state index contributed by atoms with van der Waals surface area (Å²) in [6.45, 7) is 5.12. The number of aryl methyl sites for hydroxylation is 1. The molecule has 0 N–H and O–H groups in total. The molecule has 0 amide bonds. The van der Waals surface area contributed by atoms with Gasteiger partial charge >= 0.3 is 5.97 Å². The van der Waals surface area contributed by atoms with E-state index < -0.39 is 0 Å². The van der Waals surface area contributed by atoms with Gasteiger partial charge in [-0.2, -0.15) is 4.57 Å². The average molecular weight is 292 g/mol. The molecule has 0 unspecified atom stereocenters. The highest BCUT2D eigenvalue weighted by Crippen LogP contribution is 2.08. The number of aromatic nitrogens is 1. The van der Waals surface area contributed by atoms with Crippen LogP contribution >= 0.6 is 0 Å². The van der Waals surface area contributed by atoms with Crippen molar-refractivity contribution in [1.82, 2.24) is 0 Å². The molecule has 0 aliphatic carbocycles. The van der Waals surface area contributed by atoms with Gasteiger partial charge in [-0.25, -0.2) is 4.79 Å². The lowest BCUT2D eigenvalue weighted by Gasteiger charge is -2.03. The summed E-state index contributed by atoms with van der Waals surface area (Å²) in [5.41, 5.74) is 1.15. The molecule has 3 nitrogen and oxygen atoms in total. The summed E-state index contributed by atoms with van der Waals surface area (Å²) in [4.78, 5) is 11.7. The molecule has 0 bridgehead atoms. The summed E-state index contributed by atoms with van der Waals surface area (Å²) in [6.07, 6.45) is 13.9. The molecule has 118 valence electrons. The van der Waals surface area contributed by atoms with E-state index in [0.29, 0.717) is 13.2 Å². The van der Waals surface area contributed by atoms with E-state index in [9.17, 15) is 4.79 Å². The third-order valence-corrected chi connectivity index (χ3v) is 3.58. The highest BCUT2D eigenvalue weighted by atomic mass is 16.5. The molecule has 3 heteroatoms. The zero-order valence-corrected chi connectivity index (χ0v) is 13.6. The van der Waals surface area contributed by atoms with Gasteiger partial charge in [0.05, 0.1) is 6.61 Å². The van der Waals surface area contributed by atoms with Gasteiger partial charge in [0.1, 0.15) is 0 Å². The molecule has 1 aromatic heterocycles. The SMILES string of the molecule is CCCCCCCCCCOC(=O)C[n+]1cccc(C)c1. The van der Waals surface area contributed by atoms with Crippen LogP contribution in [0.2, 0.25) is 0 Å². The van der Waals surface area contributed by atoms with Gasteiger partial charge < -0.3 is 4.74 Å². The van der Waals surface area contributed by atoms with Crippen LogP contribution in [0.25, 0.3) is 0 Å². The first-order chi connectivity index (χ1) is 10.2. The fourth-order valence-electron chi connectivity index (χ4n) is 2.37. The van der Waals surface area contributed by atoms with Crippen molar-refractivity contribution in [3.63, 3.8) is 0 Å². The number of hydrogen-bond acceptors (Lipinski definition) is 2. The number of carbonyl (C=O) groups excluding carboxylic acids is 1. The van der Waals surface area contributed by atoms with Crippen molar-refractivity contribution in [3.05, 3.63) is 30.1 Å². The van der Waals surface area contributed by atoms with Crippen molar-refractivity contribution in [2.24, 2.45) is 0 Å². The molecule has 1 heterocycles. The first-order valence-electron chi connectivity index (χ1n) is 8.33. The summed E-state index contributed by atoms with van der Waals surface area (Å²) in [5, 5.41) is 0. The van der Waals surface area contributed by atoms with Crippen molar-refractivity contribution in [2.75, 3.05) is 6.61 Å². The third-order valence-electron chi connectivity index (χ3n) is 3.58. The number of ether oxygens (including phenoxy) is 1. The predicted octanol–water partition coefficient (Wildman–Crippen LogP) is 3.97. The number of hydrogen-bond donors (Lipinski definition) is 0. The van der Waals surface area contributed by atoms with E-state index in [4.69, 9.17) is 4.74 Å². The van der Waals surface area contributed by atoms with Crippen molar-refractivity contribution in [3.8, 4) is 0 Å². The Hall–Kier alpha value is -1.38. The Balaban J connectivity index is 1.99. The number of nitrogens with zero attached hydrogens (tertiary/aromatic N) is 1. The molecule has 0 aromatic carbocycles. The maximum Gasteiger partial charge on any atom is 0.372 e. The van der Waals surface area contributed by atoms with E-state index in [1.54, 1.807) is 0 Å². The highest BCUT2D eigenvalue weighted by Gasteiger charge is 2.10. The summed E-state index contributed by atoms with van der Waals surface area (Å²) < 4.78 is 7.14. The number of unbranched alkanes of at least 4 members (excludes halogenated alkanes) is 7. The second kappa shape index (κ2) is 11.3. The Labute approximate surface area is 129 Å². The van der Waals surface area contributed by atoms with E-state index in [0.717, 1.165) is 18.4 Å². The largest absolute Gasteiger partial charge is 0.461 e.